The van der Waals surface area contributed by atoms with Gasteiger partial charge in [-0.2, -0.15) is 0 Å². The molecule has 1 aliphatic rings. The third-order valence-electron chi connectivity index (χ3n) is 4.56. The van der Waals surface area contributed by atoms with Crippen LogP contribution in [0, 0.1) is 11.6 Å². The highest BCUT2D eigenvalue weighted by Gasteiger charge is 2.25. The Hall–Kier alpha value is -3.16. The molecule has 0 fully saturated rings. The van der Waals surface area contributed by atoms with Crippen LogP contribution in [-0.2, 0) is 22.5 Å². The van der Waals surface area contributed by atoms with Crippen molar-refractivity contribution in [1.29, 1.82) is 0 Å². The quantitative estimate of drug-likeness (QED) is 0.734. The van der Waals surface area contributed by atoms with Gasteiger partial charge in [0.15, 0.2) is 18.1 Å². The van der Waals surface area contributed by atoms with E-state index in [-0.39, 0.29) is 0 Å². The van der Waals surface area contributed by atoms with Crippen molar-refractivity contribution >= 4 is 11.9 Å². The van der Waals surface area contributed by atoms with Crippen LogP contribution in [-0.4, -0.2) is 44.1 Å². The molecule has 1 amide bonds. The minimum Gasteiger partial charge on any atom is -0.493 e. The van der Waals surface area contributed by atoms with Crippen LogP contribution in [0.4, 0.5) is 8.78 Å². The van der Waals surface area contributed by atoms with Crippen LogP contribution in [0.1, 0.15) is 21.5 Å². The normalized spacial score (nSPS) is 12.9. The number of benzene rings is 2. The number of halogens is 2. The molecular weight excluding hydrogens is 372 g/mol. The Morgan fingerprint density at radius 3 is 2.25 bits per heavy atom. The van der Waals surface area contributed by atoms with Gasteiger partial charge in [0, 0.05) is 13.1 Å². The van der Waals surface area contributed by atoms with Gasteiger partial charge in [0.1, 0.15) is 17.2 Å². The summed E-state index contributed by atoms with van der Waals surface area (Å²) in [5.41, 5.74) is 1.12. The van der Waals surface area contributed by atoms with Crippen molar-refractivity contribution in [3.8, 4) is 11.5 Å². The van der Waals surface area contributed by atoms with Gasteiger partial charge in [-0.1, -0.05) is 6.07 Å². The minimum atomic E-state index is -1.22. The smallest absolute Gasteiger partial charge is 0.344 e. The molecule has 0 spiro atoms. The lowest BCUT2D eigenvalue weighted by Gasteiger charge is -2.29. The number of rotatable bonds is 5. The molecule has 0 aliphatic carbocycles. The first-order valence-corrected chi connectivity index (χ1v) is 8.57. The number of esters is 1. The molecule has 28 heavy (non-hydrogen) atoms. The first-order valence-electron chi connectivity index (χ1n) is 8.57. The largest absolute Gasteiger partial charge is 0.493 e. The highest BCUT2D eigenvalue weighted by atomic mass is 19.1. The van der Waals surface area contributed by atoms with E-state index in [9.17, 15) is 18.4 Å². The van der Waals surface area contributed by atoms with Crippen LogP contribution in [0.2, 0.25) is 0 Å². The van der Waals surface area contributed by atoms with Crippen LogP contribution >= 0.6 is 0 Å². The predicted octanol–water partition coefficient (Wildman–Crippen LogP) is 2.72. The fraction of sp³-hybridized carbons (Fsp3) is 0.300. The number of fused-ring (bicyclic) bond motifs is 1. The molecule has 6 nitrogen and oxygen atoms in total. The van der Waals surface area contributed by atoms with Gasteiger partial charge in [0.05, 0.1) is 14.2 Å². The van der Waals surface area contributed by atoms with Gasteiger partial charge in [0.2, 0.25) is 0 Å². The first kappa shape index (κ1) is 19.6. The predicted molar refractivity (Wildman–Crippen MR) is 95.3 cm³/mol. The maximum atomic E-state index is 13.6. The van der Waals surface area contributed by atoms with Crippen LogP contribution in [0.15, 0.2) is 30.3 Å². The van der Waals surface area contributed by atoms with E-state index in [0.717, 1.165) is 29.3 Å². The SMILES string of the molecule is COc1cc2c(cc1OC)CN(C(=O)COC(=O)c1c(F)cccc1F)CC2. The Kier molecular flexibility index (Phi) is 5.77. The third-order valence-corrected chi connectivity index (χ3v) is 4.56. The van der Waals surface area contributed by atoms with Gasteiger partial charge in [-0.3, -0.25) is 4.79 Å². The average molecular weight is 391 g/mol. The summed E-state index contributed by atoms with van der Waals surface area (Å²) in [7, 11) is 3.08. The summed E-state index contributed by atoms with van der Waals surface area (Å²) in [5.74, 6) is -2.58. The van der Waals surface area contributed by atoms with E-state index in [0.29, 0.717) is 31.0 Å². The van der Waals surface area contributed by atoms with Gasteiger partial charge in [0.25, 0.3) is 5.91 Å². The molecule has 148 valence electrons. The van der Waals surface area contributed by atoms with Gasteiger partial charge in [-0.05, 0) is 41.8 Å². The van der Waals surface area contributed by atoms with Crippen molar-refractivity contribution in [3.63, 3.8) is 0 Å². The number of carbonyl (C=O) groups is 2. The van der Waals surface area contributed by atoms with Crippen LogP contribution in [0.5, 0.6) is 11.5 Å². The standard InChI is InChI=1S/C20H19F2NO5/c1-26-16-8-12-6-7-23(10-13(12)9-17(16)27-2)18(24)11-28-20(25)19-14(21)4-3-5-15(19)22/h3-5,8-9H,6-7,10-11H2,1-2H3. The Morgan fingerprint density at radius 2 is 1.64 bits per heavy atom. The molecule has 0 atom stereocenters. The summed E-state index contributed by atoms with van der Waals surface area (Å²) in [4.78, 5) is 25.8. The van der Waals surface area contributed by atoms with Gasteiger partial charge in [-0.15, -0.1) is 0 Å². The van der Waals surface area contributed by atoms with Crippen molar-refractivity contribution < 1.29 is 32.6 Å². The van der Waals surface area contributed by atoms with E-state index >= 15 is 0 Å². The summed E-state index contributed by atoms with van der Waals surface area (Å²) in [5, 5.41) is 0. The molecule has 1 heterocycles. The molecule has 0 aromatic heterocycles. The average Bonchev–Trinajstić information content (AvgIpc) is 2.70. The highest BCUT2D eigenvalue weighted by molar-refractivity contribution is 5.91. The lowest BCUT2D eigenvalue weighted by Crippen LogP contribution is -2.38. The Balaban J connectivity index is 1.66. The minimum absolute atomic E-state index is 0.306. The molecular formula is C20H19F2NO5. The molecule has 0 unspecified atom stereocenters. The van der Waals surface area contributed by atoms with E-state index in [4.69, 9.17) is 14.2 Å². The summed E-state index contributed by atoms with van der Waals surface area (Å²) >= 11 is 0. The van der Waals surface area contributed by atoms with Gasteiger partial charge >= 0.3 is 5.97 Å². The summed E-state index contributed by atoms with van der Waals surface area (Å²) in [6.45, 7) is 0.127. The Labute approximate surface area is 160 Å². The second-order valence-corrected chi connectivity index (χ2v) is 6.21. The molecule has 1 aliphatic heterocycles. The van der Waals surface area contributed by atoms with E-state index in [2.05, 4.69) is 0 Å². The summed E-state index contributed by atoms with van der Waals surface area (Å²) in [6.07, 6.45) is 0.595. The fourth-order valence-electron chi connectivity index (χ4n) is 3.08. The van der Waals surface area contributed by atoms with E-state index in [1.165, 1.54) is 12.0 Å². The van der Waals surface area contributed by atoms with Crippen molar-refractivity contribution in [2.45, 2.75) is 13.0 Å². The number of nitrogens with zero attached hydrogens (tertiary/aromatic N) is 1. The van der Waals surface area contributed by atoms with Crippen molar-refractivity contribution in [1.82, 2.24) is 4.90 Å². The highest BCUT2D eigenvalue weighted by Crippen LogP contribution is 2.33. The summed E-state index contributed by atoms with van der Waals surface area (Å²) in [6, 6.07) is 6.71. The molecule has 0 N–H and O–H groups in total. The number of ether oxygens (including phenoxy) is 3. The van der Waals surface area contributed by atoms with Crippen LogP contribution < -0.4 is 9.47 Å². The maximum absolute atomic E-state index is 13.6. The lowest BCUT2D eigenvalue weighted by atomic mass is 9.99. The van der Waals surface area contributed by atoms with Crippen molar-refractivity contribution in [3.05, 3.63) is 58.7 Å². The number of hydrogen-bond acceptors (Lipinski definition) is 5. The van der Waals surface area contributed by atoms with Crippen molar-refractivity contribution in [2.75, 3.05) is 27.4 Å². The monoisotopic (exact) mass is 391 g/mol. The Bertz CT molecular complexity index is 895. The molecule has 0 saturated heterocycles. The van der Waals surface area contributed by atoms with E-state index in [1.54, 1.807) is 13.2 Å². The van der Waals surface area contributed by atoms with Crippen LogP contribution in [0.3, 0.4) is 0 Å². The second-order valence-electron chi connectivity index (χ2n) is 6.21. The number of carbonyl (C=O) groups excluding carboxylic acids is 2. The zero-order valence-corrected chi connectivity index (χ0v) is 15.5. The molecule has 0 bridgehead atoms. The molecule has 0 saturated carbocycles. The Morgan fingerprint density at radius 1 is 1.04 bits per heavy atom. The third kappa shape index (κ3) is 3.90. The molecule has 8 heteroatoms. The van der Waals surface area contributed by atoms with Crippen LogP contribution in [0.25, 0.3) is 0 Å². The van der Waals surface area contributed by atoms with Gasteiger partial charge < -0.3 is 19.1 Å². The number of hydrogen-bond donors (Lipinski definition) is 0. The fourth-order valence-corrected chi connectivity index (χ4v) is 3.08. The second kappa shape index (κ2) is 8.24. The lowest BCUT2D eigenvalue weighted by molar-refractivity contribution is -0.135. The van der Waals surface area contributed by atoms with Gasteiger partial charge in [-0.25, -0.2) is 13.6 Å². The first-order chi connectivity index (χ1) is 13.4. The van der Waals surface area contributed by atoms with E-state index < -0.39 is 35.7 Å². The molecule has 2 aromatic rings. The maximum Gasteiger partial charge on any atom is 0.344 e. The number of amides is 1. The van der Waals surface area contributed by atoms with Crippen molar-refractivity contribution in [2.24, 2.45) is 0 Å². The van der Waals surface area contributed by atoms with E-state index in [1.807, 2.05) is 6.07 Å². The summed E-state index contributed by atoms with van der Waals surface area (Å²) < 4.78 is 42.6. The molecule has 2 aromatic carbocycles. The topological polar surface area (TPSA) is 65.1 Å². The molecule has 0 radical (unpaired) electrons. The zero-order chi connectivity index (χ0) is 20.3. The molecule has 3 rings (SSSR count). The number of methoxy groups -OCH3 is 2. The zero-order valence-electron chi connectivity index (χ0n) is 15.5.